The van der Waals surface area contributed by atoms with Crippen molar-refractivity contribution in [2.45, 2.75) is 44.6 Å². The molecule has 0 bridgehead atoms. The van der Waals surface area contributed by atoms with E-state index in [1.54, 1.807) is 7.11 Å². The molecule has 0 radical (unpaired) electrons. The molecule has 1 unspecified atom stereocenters. The summed E-state index contributed by atoms with van der Waals surface area (Å²) in [5.74, 6) is -0.746. The molecular weight excluding hydrogens is 206 g/mol. The topological polar surface area (TPSA) is 49.8 Å². The molecule has 4 nitrogen and oxygen atoms in total. The molecule has 0 aromatic carbocycles. The molecule has 4 heteroatoms. The number of nitrogens with zero attached hydrogens (tertiary/aromatic N) is 1. The quantitative estimate of drug-likeness (QED) is 0.780. The van der Waals surface area contributed by atoms with Crippen LogP contribution in [0, 0.1) is 0 Å². The number of methoxy groups -OCH3 is 1. The van der Waals surface area contributed by atoms with E-state index in [2.05, 4.69) is 4.90 Å². The van der Waals surface area contributed by atoms with Gasteiger partial charge in [-0.1, -0.05) is 12.8 Å². The number of ether oxygens (including phenoxy) is 1. The zero-order valence-electron chi connectivity index (χ0n) is 10.4. The Morgan fingerprint density at radius 2 is 1.88 bits per heavy atom. The molecule has 1 saturated heterocycles. The second-order valence-corrected chi connectivity index (χ2v) is 4.90. The number of carbonyl (C=O) groups is 1. The van der Waals surface area contributed by atoms with Crippen molar-refractivity contribution in [1.82, 2.24) is 4.90 Å². The molecule has 1 heterocycles. The van der Waals surface area contributed by atoms with E-state index in [1.165, 1.54) is 25.7 Å². The SMILES string of the molecule is COCC(C)(CC(=O)O)N1CCCCCC1. The van der Waals surface area contributed by atoms with Crippen molar-refractivity contribution in [2.24, 2.45) is 0 Å². The third-order valence-corrected chi connectivity index (χ3v) is 3.36. The number of hydrogen-bond acceptors (Lipinski definition) is 3. The first-order chi connectivity index (χ1) is 7.58. The van der Waals surface area contributed by atoms with Gasteiger partial charge in [-0.3, -0.25) is 9.69 Å². The van der Waals surface area contributed by atoms with Crippen LogP contribution in [-0.2, 0) is 9.53 Å². The van der Waals surface area contributed by atoms with E-state index in [1.807, 2.05) is 6.92 Å². The summed E-state index contributed by atoms with van der Waals surface area (Å²) < 4.78 is 5.20. The van der Waals surface area contributed by atoms with Crippen molar-refractivity contribution in [3.8, 4) is 0 Å². The Balaban J connectivity index is 2.68. The number of hydrogen-bond donors (Lipinski definition) is 1. The smallest absolute Gasteiger partial charge is 0.305 e. The molecule has 1 N–H and O–H groups in total. The van der Waals surface area contributed by atoms with Crippen molar-refractivity contribution in [1.29, 1.82) is 0 Å². The largest absolute Gasteiger partial charge is 0.481 e. The lowest BCUT2D eigenvalue weighted by molar-refractivity contribution is -0.141. The number of carboxylic acid groups (broad SMARTS) is 1. The summed E-state index contributed by atoms with van der Waals surface area (Å²) in [5, 5.41) is 8.99. The highest BCUT2D eigenvalue weighted by Crippen LogP contribution is 2.24. The van der Waals surface area contributed by atoms with Gasteiger partial charge in [0.25, 0.3) is 0 Å². The summed E-state index contributed by atoms with van der Waals surface area (Å²) in [7, 11) is 1.64. The predicted molar refractivity (Wildman–Crippen MR) is 62.6 cm³/mol. The number of likely N-dealkylation sites (tertiary alicyclic amines) is 1. The highest BCUT2D eigenvalue weighted by atomic mass is 16.5. The van der Waals surface area contributed by atoms with Gasteiger partial charge in [0.05, 0.1) is 18.6 Å². The van der Waals surface area contributed by atoms with Crippen LogP contribution in [-0.4, -0.2) is 48.3 Å². The summed E-state index contributed by atoms with van der Waals surface area (Å²) in [6, 6.07) is 0. The van der Waals surface area contributed by atoms with E-state index < -0.39 is 5.97 Å². The fraction of sp³-hybridized carbons (Fsp3) is 0.917. The molecule has 1 rings (SSSR count). The molecule has 0 aromatic heterocycles. The van der Waals surface area contributed by atoms with Crippen LogP contribution >= 0.6 is 0 Å². The van der Waals surface area contributed by atoms with Crippen LogP contribution in [0.15, 0.2) is 0 Å². The molecular formula is C12H23NO3. The van der Waals surface area contributed by atoms with Crippen LogP contribution in [0.25, 0.3) is 0 Å². The maximum Gasteiger partial charge on any atom is 0.305 e. The summed E-state index contributed by atoms with van der Waals surface area (Å²) >= 11 is 0. The number of carboxylic acids is 1. The highest BCUT2D eigenvalue weighted by molar-refractivity contribution is 5.68. The van der Waals surface area contributed by atoms with E-state index in [4.69, 9.17) is 9.84 Å². The minimum absolute atomic E-state index is 0.154. The Morgan fingerprint density at radius 3 is 2.31 bits per heavy atom. The van der Waals surface area contributed by atoms with Crippen molar-refractivity contribution < 1.29 is 14.6 Å². The molecule has 0 amide bonds. The second-order valence-electron chi connectivity index (χ2n) is 4.90. The van der Waals surface area contributed by atoms with E-state index in [0.717, 1.165) is 13.1 Å². The van der Waals surface area contributed by atoms with Gasteiger partial charge in [-0.05, 0) is 32.9 Å². The van der Waals surface area contributed by atoms with E-state index >= 15 is 0 Å². The highest BCUT2D eigenvalue weighted by Gasteiger charge is 2.34. The van der Waals surface area contributed by atoms with Gasteiger partial charge < -0.3 is 9.84 Å². The Morgan fingerprint density at radius 1 is 1.31 bits per heavy atom. The Hall–Kier alpha value is -0.610. The minimum Gasteiger partial charge on any atom is -0.481 e. The van der Waals surface area contributed by atoms with E-state index in [0.29, 0.717) is 6.61 Å². The monoisotopic (exact) mass is 229 g/mol. The Labute approximate surface area is 97.6 Å². The van der Waals surface area contributed by atoms with Gasteiger partial charge in [0.15, 0.2) is 0 Å². The predicted octanol–water partition coefficient (Wildman–Crippen LogP) is 1.74. The third-order valence-electron chi connectivity index (χ3n) is 3.36. The van der Waals surface area contributed by atoms with Gasteiger partial charge in [-0.2, -0.15) is 0 Å². The fourth-order valence-electron chi connectivity index (χ4n) is 2.50. The van der Waals surface area contributed by atoms with Crippen LogP contribution in [0.2, 0.25) is 0 Å². The molecule has 16 heavy (non-hydrogen) atoms. The van der Waals surface area contributed by atoms with Crippen molar-refractivity contribution in [2.75, 3.05) is 26.8 Å². The number of rotatable bonds is 5. The lowest BCUT2D eigenvalue weighted by Crippen LogP contribution is -2.51. The molecule has 1 aliphatic heterocycles. The molecule has 1 fully saturated rings. The Bertz CT molecular complexity index is 224. The first-order valence-electron chi connectivity index (χ1n) is 6.04. The fourth-order valence-corrected chi connectivity index (χ4v) is 2.50. The lowest BCUT2D eigenvalue weighted by atomic mass is 9.96. The molecule has 94 valence electrons. The first-order valence-corrected chi connectivity index (χ1v) is 6.04. The summed E-state index contributed by atoms with van der Waals surface area (Å²) in [5.41, 5.74) is -0.356. The average molecular weight is 229 g/mol. The minimum atomic E-state index is -0.746. The normalized spacial score (nSPS) is 22.4. The van der Waals surface area contributed by atoms with Gasteiger partial charge in [0, 0.05) is 7.11 Å². The Kier molecular flexibility index (Phi) is 5.22. The van der Waals surface area contributed by atoms with Crippen LogP contribution in [0.4, 0.5) is 0 Å². The molecule has 0 aliphatic carbocycles. The van der Waals surface area contributed by atoms with Crippen LogP contribution in [0.1, 0.15) is 39.0 Å². The van der Waals surface area contributed by atoms with Gasteiger partial charge in [-0.25, -0.2) is 0 Å². The van der Waals surface area contributed by atoms with E-state index in [-0.39, 0.29) is 12.0 Å². The van der Waals surface area contributed by atoms with Crippen molar-refractivity contribution in [3.05, 3.63) is 0 Å². The van der Waals surface area contributed by atoms with Gasteiger partial charge in [0.2, 0.25) is 0 Å². The van der Waals surface area contributed by atoms with Crippen molar-refractivity contribution >= 4 is 5.97 Å². The maximum absolute atomic E-state index is 10.9. The van der Waals surface area contributed by atoms with Crippen molar-refractivity contribution in [3.63, 3.8) is 0 Å². The summed E-state index contributed by atoms with van der Waals surface area (Å²) in [6.07, 6.45) is 5.00. The standard InChI is InChI=1S/C12H23NO3/c1-12(10-16-2,9-11(14)15)13-7-5-3-4-6-8-13/h3-10H2,1-2H3,(H,14,15). The van der Waals surface area contributed by atoms with Gasteiger partial charge in [-0.15, -0.1) is 0 Å². The third kappa shape index (κ3) is 3.76. The zero-order chi connectivity index (χ0) is 12.0. The second kappa shape index (κ2) is 6.21. The molecule has 0 saturated carbocycles. The molecule has 0 aromatic rings. The number of aliphatic carboxylic acids is 1. The average Bonchev–Trinajstić information content (AvgIpc) is 2.44. The molecule has 1 atom stereocenters. The van der Waals surface area contributed by atoms with Crippen LogP contribution < -0.4 is 0 Å². The summed E-state index contributed by atoms with van der Waals surface area (Å²) in [4.78, 5) is 13.2. The van der Waals surface area contributed by atoms with E-state index in [9.17, 15) is 4.79 Å². The first kappa shape index (κ1) is 13.5. The summed E-state index contributed by atoms with van der Waals surface area (Å²) in [6.45, 7) is 4.47. The van der Waals surface area contributed by atoms with Crippen LogP contribution in [0.3, 0.4) is 0 Å². The van der Waals surface area contributed by atoms with Crippen LogP contribution in [0.5, 0.6) is 0 Å². The lowest BCUT2D eigenvalue weighted by Gasteiger charge is -2.39. The zero-order valence-corrected chi connectivity index (χ0v) is 10.4. The van der Waals surface area contributed by atoms with Gasteiger partial charge in [0.1, 0.15) is 0 Å². The molecule has 1 aliphatic rings. The van der Waals surface area contributed by atoms with Gasteiger partial charge >= 0.3 is 5.97 Å². The maximum atomic E-state index is 10.9. The molecule has 0 spiro atoms.